The predicted molar refractivity (Wildman–Crippen MR) is 108 cm³/mol. The maximum atomic E-state index is 6.39. The second kappa shape index (κ2) is 7.27. The molecular formula is C19H12BrClN4O. The zero-order chi connectivity index (χ0) is 17.9. The Morgan fingerprint density at radius 2 is 1.96 bits per heavy atom. The molecule has 2 aromatic heterocycles. The lowest BCUT2D eigenvalue weighted by Crippen LogP contribution is -2.00. The first kappa shape index (κ1) is 16.8. The quantitative estimate of drug-likeness (QED) is 0.332. The fraction of sp³-hybridized carbons (Fsp3) is 0. The van der Waals surface area contributed by atoms with Crippen molar-refractivity contribution >= 4 is 50.6 Å². The summed E-state index contributed by atoms with van der Waals surface area (Å²) in [6.07, 6.45) is 3.14. The summed E-state index contributed by atoms with van der Waals surface area (Å²) in [5.41, 5.74) is 5.20. The first-order valence-electron chi connectivity index (χ1n) is 7.75. The van der Waals surface area contributed by atoms with Gasteiger partial charge in [0.2, 0.25) is 5.95 Å². The SMILES string of the molecule is Clc1ccccc1-c1nc(NN=Cc2ccco2)nc2ccc(Br)cc12. The Bertz CT molecular complexity index is 1100. The normalized spacial score (nSPS) is 11.3. The Hall–Kier alpha value is -2.70. The van der Waals surface area contributed by atoms with Crippen LogP contribution in [-0.2, 0) is 0 Å². The van der Waals surface area contributed by atoms with Crippen LogP contribution in [-0.4, -0.2) is 16.2 Å². The number of hydrogen-bond donors (Lipinski definition) is 1. The molecule has 4 rings (SSSR count). The zero-order valence-electron chi connectivity index (χ0n) is 13.4. The van der Waals surface area contributed by atoms with Gasteiger partial charge in [-0.3, -0.25) is 0 Å². The highest BCUT2D eigenvalue weighted by molar-refractivity contribution is 9.10. The highest BCUT2D eigenvalue weighted by Gasteiger charge is 2.12. The lowest BCUT2D eigenvalue weighted by Gasteiger charge is -2.10. The van der Waals surface area contributed by atoms with E-state index in [0.717, 1.165) is 26.6 Å². The molecule has 0 saturated heterocycles. The third-order valence-corrected chi connectivity index (χ3v) is 4.51. The Morgan fingerprint density at radius 1 is 1.08 bits per heavy atom. The minimum atomic E-state index is 0.373. The average Bonchev–Trinajstić information content (AvgIpc) is 3.15. The van der Waals surface area contributed by atoms with Gasteiger partial charge < -0.3 is 4.42 Å². The van der Waals surface area contributed by atoms with Crippen molar-refractivity contribution in [3.8, 4) is 11.3 Å². The number of fused-ring (bicyclic) bond motifs is 1. The molecule has 0 spiro atoms. The number of halogens is 2. The summed E-state index contributed by atoms with van der Waals surface area (Å²) in [4.78, 5) is 9.14. The highest BCUT2D eigenvalue weighted by atomic mass is 79.9. The second-order valence-electron chi connectivity index (χ2n) is 5.42. The van der Waals surface area contributed by atoms with Gasteiger partial charge in [0.25, 0.3) is 0 Å². The fourth-order valence-corrected chi connectivity index (χ4v) is 3.11. The molecule has 5 nitrogen and oxygen atoms in total. The molecule has 2 heterocycles. The molecule has 0 aliphatic carbocycles. The van der Waals surface area contributed by atoms with E-state index in [-0.39, 0.29) is 0 Å². The number of hydrogen-bond acceptors (Lipinski definition) is 5. The van der Waals surface area contributed by atoms with Gasteiger partial charge in [0.15, 0.2) is 0 Å². The lowest BCUT2D eigenvalue weighted by molar-refractivity contribution is 0.560. The minimum absolute atomic E-state index is 0.373. The first-order chi connectivity index (χ1) is 12.7. The molecule has 128 valence electrons. The van der Waals surface area contributed by atoms with Crippen LogP contribution in [0.4, 0.5) is 5.95 Å². The fourth-order valence-electron chi connectivity index (χ4n) is 2.53. The van der Waals surface area contributed by atoms with Crippen LogP contribution in [0.1, 0.15) is 5.76 Å². The van der Waals surface area contributed by atoms with Crippen LogP contribution >= 0.6 is 27.5 Å². The zero-order valence-corrected chi connectivity index (χ0v) is 15.7. The molecular weight excluding hydrogens is 416 g/mol. The summed E-state index contributed by atoms with van der Waals surface area (Å²) < 4.78 is 6.15. The molecule has 0 aliphatic rings. The predicted octanol–water partition coefficient (Wildman–Crippen LogP) is 5.75. The molecule has 0 radical (unpaired) electrons. The van der Waals surface area contributed by atoms with Crippen molar-refractivity contribution in [2.24, 2.45) is 5.10 Å². The third kappa shape index (κ3) is 3.47. The van der Waals surface area contributed by atoms with Gasteiger partial charge in [-0.2, -0.15) is 5.10 Å². The van der Waals surface area contributed by atoms with Crippen LogP contribution in [0.5, 0.6) is 0 Å². The van der Waals surface area contributed by atoms with Crippen LogP contribution in [0.2, 0.25) is 5.02 Å². The summed E-state index contributed by atoms with van der Waals surface area (Å²) in [6.45, 7) is 0. The molecule has 0 bridgehead atoms. The topological polar surface area (TPSA) is 63.3 Å². The smallest absolute Gasteiger partial charge is 0.244 e. The molecule has 7 heteroatoms. The summed E-state index contributed by atoms with van der Waals surface area (Å²) in [6, 6.07) is 17.0. The van der Waals surface area contributed by atoms with Crippen molar-refractivity contribution < 1.29 is 4.42 Å². The van der Waals surface area contributed by atoms with Crippen molar-refractivity contribution in [1.82, 2.24) is 9.97 Å². The van der Waals surface area contributed by atoms with Gasteiger partial charge in [-0.25, -0.2) is 15.4 Å². The molecule has 1 N–H and O–H groups in total. The van der Waals surface area contributed by atoms with Crippen LogP contribution in [0.25, 0.3) is 22.2 Å². The van der Waals surface area contributed by atoms with E-state index in [2.05, 4.69) is 36.4 Å². The number of anilines is 1. The molecule has 0 saturated carbocycles. The van der Waals surface area contributed by atoms with Gasteiger partial charge >= 0.3 is 0 Å². The van der Waals surface area contributed by atoms with E-state index in [1.807, 2.05) is 42.5 Å². The number of furan rings is 1. The van der Waals surface area contributed by atoms with Gasteiger partial charge in [-0.05, 0) is 36.4 Å². The van der Waals surface area contributed by atoms with Gasteiger partial charge in [0, 0.05) is 20.4 Å². The summed E-state index contributed by atoms with van der Waals surface area (Å²) in [7, 11) is 0. The largest absolute Gasteiger partial charge is 0.463 e. The molecule has 0 amide bonds. The Kier molecular flexibility index (Phi) is 4.69. The van der Waals surface area contributed by atoms with Crippen LogP contribution in [0.3, 0.4) is 0 Å². The monoisotopic (exact) mass is 426 g/mol. The van der Waals surface area contributed by atoms with Crippen molar-refractivity contribution in [3.05, 3.63) is 76.1 Å². The highest BCUT2D eigenvalue weighted by Crippen LogP contribution is 2.33. The summed E-state index contributed by atoms with van der Waals surface area (Å²) in [5, 5.41) is 5.65. The molecule has 0 atom stereocenters. The van der Waals surface area contributed by atoms with Gasteiger partial charge in [-0.1, -0.05) is 45.7 Å². The van der Waals surface area contributed by atoms with Crippen LogP contribution < -0.4 is 5.43 Å². The van der Waals surface area contributed by atoms with E-state index >= 15 is 0 Å². The van der Waals surface area contributed by atoms with E-state index in [9.17, 15) is 0 Å². The van der Waals surface area contributed by atoms with Crippen molar-refractivity contribution in [2.75, 3.05) is 5.43 Å². The van der Waals surface area contributed by atoms with Crippen molar-refractivity contribution in [1.29, 1.82) is 0 Å². The average molecular weight is 428 g/mol. The van der Waals surface area contributed by atoms with Gasteiger partial charge in [0.05, 0.1) is 23.7 Å². The lowest BCUT2D eigenvalue weighted by atomic mass is 10.1. The molecule has 0 aliphatic heterocycles. The van der Waals surface area contributed by atoms with E-state index < -0.39 is 0 Å². The van der Waals surface area contributed by atoms with Crippen molar-refractivity contribution in [2.45, 2.75) is 0 Å². The standard InChI is InChI=1S/C19H12BrClN4O/c20-12-7-8-17-15(10-12)18(14-5-1-2-6-16(14)21)24-19(23-17)25-22-11-13-4-3-9-26-13/h1-11H,(H,23,24,25). The number of benzene rings is 2. The summed E-state index contributed by atoms with van der Waals surface area (Å²) in [5.74, 6) is 1.01. The Morgan fingerprint density at radius 3 is 2.77 bits per heavy atom. The maximum absolute atomic E-state index is 6.39. The summed E-state index contributed by atoms with van der Waals surface area (Å²) >= 11 is 9.89. The van der Waals surface area contributed by atoms with Gasteiger partial charge in [-0.15, -0.1) is 0 Å². The van der Waals surface area contributed by atoms with E-state index in [0.29, 0.717) is 16.7 Å². The maximum Gasteiger partial charge on any atom is 0.244 e. The molecule has 0 unspecified atom stereocenters. The third-order valence-electron chi connectivity index (χ3n) is 3.69. The van der Waals surface area contributed by atoms with E-state index in [4.69, 9.17) is 16.0 Å². The molecule has 0 fully saturated rings. The van der Waals surface area contributed by atoms with E-state index in [1.165, 1.54) is 0 Å². The minimum Gasteiger partial charge on any atom is -0.463 e. The number of aromatic nitrogens is 2. The molecule has 26 heavy (non-hydrogen) atoms. The first-order valence-corrected chi connectivity index (χ1v) is 8.92. The number of hydrazone groups is 1. The molecule has 4 aromatic rings. The van der Waals surface area contributed by atoms with Crippen LogP contribution in [0, 0.1) is 0 Å². The second-order valence-corrected chi connectivity index (χ2v) is 6.75. The number of nitrogens with zero attached hydrogens (tertiary/aromatic N) is 3. The number of nitrogens with one attached hydrogen (secondary N) is 1. The number of rotatable bonds is 4. The van der Waals surface area contributed by atoms with E-state index in [1.54, 1.807) is 24.6 Å². The Balaban J connectivity index is 1.80. The molecule has 2 aromatic carbocycles. The van der Waals surface area contributed by atoms with Crippen LogP contribution in [0.15, 0.2) is 74.9 Å². The van der Waals surface area contributed by atoms with Crippen molar-refractivity contribution in [3.63, 3.8) is 0 Å². The Labute approximate surface area is 162 Å². The van der Waals surface area contributed by atoms with Gasteiger partial charge in [0.1, 0.15) is 5.76 Å².